The summed E-state index contributed by atoms with van der Waals surface area (Å²) in [4.78, 5) is 67.3. The number of unbranched alkanes of at least 4 members (excludes halogenated alkanes) is 1. The lowest BCUT2D eigenvalue weighted by Crippen LogP contribution is -2.52. The number of carbonyl (C=O) groups is 5. The molecule has 16 nitrogen and oxygen atoms in total. The van der Waals surface area contributed by atoms with Gasteiger partial charge in [0.15, 0.2) is 0 Å². The van der Waals surface area contributed by atoms with Gasteiger partial charge < -0.3 is 36.4 Å². The zero-order chi connectivity index (χ0) is 32.7. The van der Waals surface area contributed by atoms with Crippen LogP contribution < -0.4 is 16.4 Å². The van der Waals surface area contributed by atoms with Gasteiger partial charge in [0.2, 0.25) is 11.8 Å². The van der Waals surface area contributed by atoms with Gasteiger partial charge in [0, 0.05) is 72.1 Å². The first-order valence-electron chi connectivity index (χ1n) is 15.4. The van der Waals surface area contributed by atoms with Crippen molar-refractivity contribution in [2.24, 2.45) is 5.73 Å². The topological polar surface area (TPSA) is 218 Å². The average molecular weight is 632 g/mol. The minimum Gasteiger partial charge on any atom is -0.480 e. The first-order chi connectivity index (χ1) is 21.0. The average Bonchev–Trinajstić information content (AvgIpc) is 2.94. The largest absolute Gasteiger partial charge is 0.480 e. The monoisotopic (exact) mass is 631 g/mol. The zero-order valence-corrected chi connectivity index (χ0v) is 26.1. The highest BCUT2D eigenvalue weighted by atomic mass is 16.5. The first kappa shape index (κ1) is 39.1. The van der Waals surface area contributed by atoms with Crippen molar-refractivity contribution >= 4 is 29.7 Å². The third-order valence-electron chi connectivity index (χ3n) is 7.09. The van der Waals surface area contributed by atoms with Crippen molar-refractivity contribution in [3.8, 4) is 0 Å². The molecule has 1 aliphatic heterocycles. The molecule has 16 heteroatoms. The molecule has 0 aromatic carbocycles. The molecule has 7 N–H and O–H groups in total. The number of carboxylic acid groups (broad SMARTS) is 3. The Morgan fingerprint density at radius 3 is 1.57 bits per heavy atom. The summed E-state index contributed by atoms with van der Waals surface area (Å²) in [6.07, 6.45) is 3.35. The van der Waals surface area contributed by atoms with E-state index in [1.54, 1.807) is 14.7 Å². The van der Waals surface area contributed by atoms with Gasteiger partial charge in [-0.1, -0.05) is 6.92 Å². The summed E-state index contributed by atoms with van der Waals surface area (Å²) < 4.78 is 5.44. The standard InChI is InChI=1S/C28H53N7O9/c1-2-17-44-18-5-8-30-28(43)23(6-3-4-7-29)31-24(36)19-32-9-11-33(20-25(37)38)13-15-35(22-27(41)42)16-14-34(12-10-32)21-26(39)40/h23H,2-22,29H2,1H3,(H,30,43)(H,31,36)(H,37,38)(H,39,40)(H,41,42)/t23-/m1/s1. The van der Waals surface area contributed by atoms with Crippen molar-refractivity contribution in [3.05, 3.63) is 0 Å². The molecule has 1 saturated heterocycles. The van der Waals surface area contributed by atoms with E-state index in [1.807, 2.05) is 11.8 Å². The molecule has 1 aliphatic rings. The van der Waals surface area contributed by atoms with Crippen LogP contribution in [0.4, 0.5) is 0 Å². The van der Waals surface area contributed by atoms with Crippen LogP contribution in [0.3, 0.4) is 0 Å². The Morgan fingerprint density at radius 2 is 1.16 bits per heavy atom. The Bertz CT molecular complexity index is 848. The van der Waals surface area contributed by atoms with Crippen LogP contribution in [0.5, 0.6) is 0 Å². The first-order valence-corrected chi connectivity index (χ1v) is 15.4. The van der Waals surface area contributed by atoms with Gasteiger partial charge in [-0.15, -0.1) is 0 Å². The van der Waals surface area contributed by atoms with Gasteiger partial charge in [0.25, 0.3) is 0 Å². The minimum absolute atomic E-state index is 0.0709. The van der Waals surface area contributed by atoms with Crippen molar-refractivity contribution in [1.29, 1.82) is 0 Å². The molecule has 0 spiro atoms. The predicted molar refractivity (Wildman–Crippen MR) is 162 cm³/mol. The lowest BCUT2D eigenvalue weighted by molar-refractivity contribution is -0.140. The van der Waals surface area contributed by atoms with Gasteiger partial charge >= 0.3 is 17.9 Å². The molecule has 44 heavy (non-hydrogen) atoms. The molecule has 1 fully saturated rings. The number of aliphatic carboxylic acids is 3. The second-order valence-corrected chi connectivity index (χ2v) is 10.9. The number of hydrogen-bond donors (Lipinski definition) is 6. The highest BCUT2D eigenvalue weighted by molar-refractivity contribution is 5.88. The SMILES string of the molecule is CCCOCCCNC(=O)[C@@H](CCCCN)NC(=O)CN1CCN(CC(=O)O)CCN(CC(=O)O)CCN(CC(=O)O)CC1. The maximum atomic E-state index is 13.2. The van der Waals surface area contributed by atoms with E-state index in [0.717, 1.165) is 6.42 Å². The molecule has 2 amide bonds. The molecular formula is C28H53N7O9. The lowest BCUT2D eigenvalue weighted by Gasteiger charge is -2.33. The molecule has 0 saturated carbocycles. The van der Waals surface area contributed by atoms with Crippen LogP contribution in [0.15, 0.2) is 0 Å². The normalized spacial score (nSPS) is 17.2. The molecule has 254 valence electrons. The highest BCUT2D eigenvalue weighted by Gasteiger charge is 2.24. The number of carboxylic acids is 3. The van der Waals surface area contributed by atoms with Gasteiger partial charge in [-0.3, -0.25) is 43.6 Å². The maximum Gasteiger partial charge on any atom is 0.317 e. The summed E-state index contributed by atoms with van der Waals surface area (Å²) in [5, 5.41) is 33.8. The number of ether oxygens (including phenoxy) is 1. The van der Waals surface area contributed by atoms with E-state index >= 15 is 0 Å². The van der Waals surface area contributed by atoms with E-state index in [4.69, 9.17) is 10.5 Å². The van der Waals surface area contributed by atoms with E-state index < -0.39 is 23.9 Å². The van der Waals surface area contributed by atoms with Crippen LogP contribution in [0.1, 0.15) is 39.0 Å². The van der Waals surface area contributed by atoms with Gasteiger partial charge in [0.1, 0.15) is 6.04 Å². The Hall–Kier alpha value is -2.89. The molecule has 1 rings (SSSR count). The van der Waals surface area contributed by atoms with Crippen LogP contribution >= 0.6 is 0 Å². The number of rotatable bonds is 20. The van der Waals surface area contributed by atoms with Crippen molar-refractivity contribution in [3.63, 3.8) is 0 Å². The third kappa shape index (κ3) is 19.4. The maximum absolute atomic E-state index is 13.2. The van der Waals surface area contributed by atoms with Crippen molar-refractivity contribution in [1.82, 2.24) is 30.2 Å². The Kier molecular flexibility index (Phi) is 20.9. The second-order valence-electron chi connectivity index (χ2n) is 10.9. The Morgan fingerprint density at radius 1 is 0.705 bits per heavy atom. The molecule has 1 atom stereocenters. The van der Waals surface area contributed by atoms with E-state index in [1.165, 1.54) is 0 Å². The molecular weight excluding hydrogens is 578 g/mol. The molecule has 0 aromatic rings. The zero-order valence-electron chi connectivity index (χ0n) is 26.1. The molecule has 0 radical (unpaired) electrons. The number of hydrogen-bond acceptors (Lipinski definition) is 11. The van der Waals surface area contributed by atoms with Crippen molar-refractivity contribution < 1.29 is 44.0 Å². The van der Waals surface area contributed by atoms with Crippen LogP contribution in [-0.2, 0) is 28.7 Å². The number of nitrogens with zero attached hydrogens (tertiary/aromatic N) is 4. The predicted octanol–water partition coefficient (Wildman–Crippen LogP) is -1.99. The number of nitrogens with one attached hydrogen (secondary N) is 2. The fourth-order valence-corrected chi connectivity index (χ4v) is 4.74. The number of amides is 2. The quantitative estimate of drug-likeness (QED) is 0.0802. The third-order valence-corrected chi connectivity index (χ3v) is 7.09. The summed E-state index contributed by atoms with van der Waals surface area (Å²) >= 11 is 0. The minimum atomic E-state index is -1.03. The summed E-state index contributed by atoms with van der Waals surface area (Å²) in [7, 11) is 0. The molecule has 0 bridgehead atoms. The van der Waals surface area contributed by atoms with Gasteiger partial charge in [-0.2, -0.15) is 0 Å². The van der Waals surface area contributed by atoms with Gasteiger partial charge in [-0.05, 0) is 38.6 Å². The number of nitrogens with two attached hydrogens (primary N) is 1. The molecule has 0 aromatic heterocycles. The smallest absolute Gasteiger partial charge is 0.317 e. The summed E-state index contributed by atoms with van der Waals surface area (Å²) in [6, 6.07) is -0.745. The van der Waals surface area contributed by atoms with E-state index in [-0.39, 0.29) is 64.2 Å². The van der Waals surface area contributed by atoms with E-state index in [2.05, 4.69) is 10.6 Å². The summed E-state index contributed by atoms with van der Waals surface area (Å²) in [5.74, 6) is -3.74. The van der Waals surface area contributed by atoms with Gasteiger partial charge in [-0.25, -0.2) is 0 Å². The molecule has 0 aliphatic carbocycles. The highest BCUT2D eigenvalue weighted by Crippen LogP contribution is 2.04. The Labute approximate surface area is 259 Å². The van der Waals surface area contributed by atoms with Crippen LogP contribution in [0.2, 0.25) is 0 Å². The second kappa shape index (κ2) is 23.5. The van der Waals surface area contributed by atoms with E-state index in [9.17, 15) is 39.3 Å². The molecule has 0 unspecified atom stereocenters. The summed E-state index contributed by atoms with van der Waals surface area (Å²) in [6.45, 7) is 5.61. The van der Waals surface area contributed by atoms with Crippen molar-refractivity contribution in [2.75, 3.05) is 105 Å². The Balaban J connectivity index is 2.94. The van der Waals surface area contributed by atoms with E-state index in [0.29, 0.717) is 78.2 Å². The van der Waals surface area contributed by atoms with Gasteiger partial charge in [0.05, 0.1) is 26.2 Å². The van der Waals surface area contributed by atoms with Crippen LogP contribution in [0.25, 0.3) is 0 Å². The lowest BCUT2D eigenvalue weighted by atomic mass is 10.1. The fourth-order valence-electron chi connectivity index (χ4n) is 4.74. The molecule has 1 heterocycles. The van der Waals surface area contributed by atoms with Crippen LogP contribution in [0, 0.1) is 0 Å². The summed E-state index contributed by atoms with van der Waals surface area (Å²) in [5.41, 5.74) is 5.62. The van der Waals surface area contributed by atoms with Crippen molar-refractivity contribution in [2.45, 2.75) is 45.1 Å². The van der Waals surface area contributed by atoms with Crippen LogP contribution in [-0.4, -0.2) is 176 Å². The number of carbonyl (C=O) groups excluding carboxylic acids is 2. The fraction of sp³-hybridized carbons (Fsp3) is 0.821.